The van der Waals surface area contributed by atoms with Crippen LogP contribution in [0.5, 0.6) is 0 Å². The van der Waals surface area contributed by atoms with Crippen molar-refractivity contribution < 1.29 is 29.0 Å². The number of ketones is 1. The Morgan fingerprint density at radius 3 is 2.70 bits per heavy atom. The molecule has 0 bridgehead atoms. The molecule has 0 saturated heterocycles. The minimum atomic E-state index is -0.726. The zero-order valence-electron chi connectivity index (χ0n) is 13.0. The summed E-state index contributed by atoms with van der Waals surface area (Å²) in [4.78, 5) is 35.0. The van der Waals surface area contributed by atoms with Gasteiger partial charge in [0.25, 0.3) is 0 Å². The molecule has 1 N–H and O–H groups in total. The second-order valence-electron chi connectivity index (χ2n) is 5.43. The Kier molecular flexibility index (Phi) is 6.01. The van der Waals surface area contributed by atoms with E-state index in [9.17, 15) is 19.5 Å². The zero-order chi connectivity index (χ0) is 16.8. The molecule has 0 radical (unpaired) electrons. The largest absolute Gasteiger partial charge is 0.394 e. The molecule has 0 amide bonds. The number of aliphatic hydroxyl groups is 1. The summed E-state index contributed by atoms with van der Waals surface area (Å²) < 4.78 is 9.99. The Hall–Kier alpha value is -2.05. The fourth-order valence-electron chi connectivity index (χ4n) is 2.38. The minimum absolute atomic E-state index is 0.0685. The summed E-state index contributed by atoms with van der Waals surface area (Å²) in [6.07, 6.45) is 2.62. The third-order valence-corrected chi connectivity index (χ3v) is 3.73. The van der Waals surface area contributed by atoms with Crippen LogP contribution in [0, 0.1) is 0 Å². The molecule has 0 saturated carbocycles. The Morgan fingerprint density at radius 1 is 1.26 bits per heavy atom. The van der Waals surface area contributed by atoms with Crippen LogP contribution in [-0.4, -0.2) is 42.1 Å². The monoisotopic (exact) mass is 320 g/mol. The Morgan fingerprint density at radius 2 is 2.00 bits per heavy atom. The highest BCUT2D eigenvalue weighted by molar-refractivity contribution is 6.15. The number of esters is 2. The van der Waals surface area contributed by atoms with Crippen molar-refractivity contribution >= 4 is 17.7 Å². The minimum Gasteiger partial charge on any atom is -0.394 e. The van der Waals surface area contributed by atoms with Crippen LogP contribution in [0.15, 0.2) is 18.2 Å². The Labute approximate surface area is 134 Å². The molecule has 6 heteroatoms. The molecule has 0 aliphatic carbocycles. The molecular formula is C17H20O6. The van der Waals surface area contributed by atoms with Crippen LogP contribution in [0.3, 0.4) is 0 Å². The van der Waals surface area contributed by atoms with Crippen molar-refractivity contribution in [2.24, 2.45) is 0 Å². The predicted octanol–water partition coefficient (Wildman–Crippen LogP) is 2.14. The van der Waals surface area contributed by atoms with E-state index in [2.05, 4.69) is 11.7 Å². The number of ether oxygens (including phenoxy) is 2. The molecule has 0 fully saturated rings. The fourth-order valence-corrected chi connectivity index (χ4v) is 2.38. The van der Waals surface area contributed by atoms with Gasteiger partial charge in [0.2, 0.25) is 0 Å². The van der Waals surface area contributed by atoms with Gasteiger partial charge in [-0.15, -0.1) is 0 Å². The molecule has 124 valence electrons. The molecule has 1 aliphatic rings. The number of fused-ring (bicyclic) bond motifs is 1. The third kappa shape index (κ3) is 4.24. The molecule has 0 aromatic heterocycles. The van der Waals surface area contributed by atoms with Crippen molar-refractivity contribution in [3.8, 4) is 0 Å². The van der Waals surface area contributed by atoms with Crippen LogP contribution >= 0.6 is 0 Å². The van der Waals surface area contributed by atoms with Gasteiger partial charge in [0, 0.05) is 12.0 Å². The van der Waals surface area contributed by atoms with Gasteiger partial charge >= 0.3 is 11.9 Å². The Balaban J connectivity index is 1.90. The van der Waals surface area contributed by atoms with Crippen molar-refractivity contribution in [3.05, 3.63) is 34.9 Å². The summed E-state index contributed by atoms with van der Waals surface area (Å²) in [5.74, 6) is -1.60. The summed E-state index contributed by atoms with van der Waals surface area (Å²) in [5, 5.41) is 9.20. The van der Waals surface area contributed by atoms with Crippen LogP contribution in [0.1, 0.15) is 63.7 Å². The highest BCUT2D eigenvalue weighted by Crippen LogP contribution is 2.21. The first-order chi connectivity index (χ1) is 11.1. The summed E-state index contributed by atoms with van der Waals surface area (Å²) in [5.41, 5.74) is 0.647. The number of aliphatic hydroxyl groups excluding tert-OH is 1. The lowest BCUT2D eigenvalue weighted by molar-refractivity contribution is 0.00689. The zero-order valence-corrected chi connectivity index (χ0v) is 13.0. The van der Waals surface area contributed by atoms with Crippen molar-refractivity contribution in [1.82, 2.24) is 0 Å². The van der Waals surface area contributed by atoms with Crippen LogP contribution in [0.2, 0.25) is 0 Å². The molecule has 1 aliphatic heterocycles. The molecule has 1 aromatic rings. The van der Waals surface area contributed by atoms with Gasteiger partial charge in [0.15, 0.2) is 5.78 Å². The van der Waals surface area contributed by atoms with Gasteiger partial charge in [-0.3, -0.25) is 4.79 Å². The summed E-state index contributed by atoms with van der Waals surface area (Å²) in [7, 11) is 0. The molecule has 1 aromatic carbocycles. The highest BCUT2D eigenvalue weighted by Gasteiger charge is 2.30. The van der Waals surface area contributed by atoms with Gasteiger partial charge < -0.3 is 14.6 Å². The van der Waals surface area contributed by atoms with Gasteiger partial charge in [0.05, 0.1) is 30.4 Å². The molecule has 1 heterocycles. The predicted molar refractivity (Wildman–Crippen MR) is 81.5 cm³/mol. The number of unbranched alkanes of at least 4 members (excludes halogenated alkanes) is 1. The van der Waals surface area contributed by atoms with Crippen molar-refractivity contribution in [1.29, 1.82) is 0 Å². The van der Waals surface area contributed by atoms with E-state index >= 15 is 0 Å². The van der Waals surface area contributed by atoms with Gasteiger partial charge in [-0.25, -0.2) is 9.59 Å². The standard InChI is InChI=1S/C17H20O6/c1-2-3-4-12(10-18)22-8-7-15(19)11-5-6-13-14(9-11)17(21)23-16(13)20/h5-6,9,12,18H,2-4,7-8,10H2,1H3. The van der Waals surface area contributed by atoms with E-state index in [1.54, 1.807) is 0 Å². The number of Topliss-reactive ketones (excluding diaryl/α,β-unsaturated/α-hetero) is 1. The van der Waals surface area contributed by atoms with Crippen molar-refractivity contribution in [2.45, 2.75) is 38.7 Å². The van der Waals surface area contributed by atoms with E-state index < -0.39 is 11.9 Å². The molecule has 6 nitrogen and oxygen atoms in total. The molecule has 23 heavy (non-hydrogen) atoms. The van der Waals surface area contributed by atoms with Crippen molar-refractivity contribution in [2.75, 3.05) is 13.2 Å². The molecule has 2 rings (SSSR count). The van der Waals surface area contributed by atoms with Gasteiger partial charge in [-0.1, -0.05) is 25.8 Å². The van der Waals surface area contributed by atoms with Crippen LogP contribution in [-0.2, 0) is 9.47 Å². The number of carbonyl (C=O) groups is 3. The van der Waals surface area contributed by atoms with Crippen LogP contribution < -0.4 is 0 Å². The van der Waals surface area contributed by atoms with E-state index in [4.69, 9.17) is 4.74 Å². The quantitative estimate of drug-likeness (QED) is 0.426. The summed E-state index contributed by atoms with van der Waals surface area (Å²) in [6.45, 7) is 2.19. The van der Waals surface area contributed by atoms with Crippen LogP contribution in [0.4, 0.5) is 0 Å². The molecule has 1 atom stereocenters. The van der Waals surface area contributed by atoms with E-state index in [1.165, 1.54) is 18.2 Å². The molecular weight excluding hydrogens is 300 g/mol. The normalized spacial score (nSPS) is 14.5. The Bertz CT molecular complexity index is 607. The third-order valence-electron chi connectivity index (χ3n) is 3.73. The van der Waals surface area contributed by atoms with Gasteiger partial charge in [-0.05, 0) is 18.6 Å². The van der Waals surface area contributed by atoms with E-state index in [1.807, 2.05) is 0 Å². The fraction of sp³-hybridized carbons (Fsp3) is 0.471. The maximum absolute atomic E-state index is 12.1. The second-order valence-corrected chi connectivity index (χ2v) is 5.43. The maximum Gasteiger partial charge on any atom is 0.346 e. The number of carbonyl (C=O) groups excluding carboxylic acids is 3. The lowest BCUT2D eigenvalue weighted by Crippen LogP contribution is -2.19. The SMILES string of the molecule is CCCCC(CO)OCCC(=O)c1ccc2c(c1)C(=O)OC2=O. The number of rotatable bonds is 9. The number of cyclic esters (lactones) is 2. The van der Waals surface area contributed by atoms with E-state index in [-0.39, 0.29) is 42.6 Å². The maximum atomic E-state index is 12.1. The first-order valence-corrected chi connectivity index (χ1v) is 7.73. The first kappa shape index (κ1) is 17.3. The lowest BCUT2D eigenvalue weighted by Gasteiger charge is -2.14. The average Bonchev–Trinajstić information content (AvgIpc) is 2.84. The van der Waals surface area contributed by atoms with Crippen molar-refractivity contribution in [3.63, 3.8) is 0 Å². The van der Waals surface area contributed by atoms with E-state index in [0.29, 0.717) is 5.56 Å². The average molecular weight is 320 g/mol. The number of hydrogen-bond donors (Lipinski definition) is 1. The highest BCUT2D eigenvalue weighted by atomic mass is 16.6. The smallest absolute Gasteiger partial charge is 0.346 e. The lowest BCUT2D eigenvalue weighted by atomic mass is 10.0. The number of hydrogen-bond acceptors (Lipinski definition) is 6. The van der Waals surface area contributed by atoms with Gasteiger partial charge in [0.1, 0.15) is 0 Å². The van der Waals surface area contributed by atoms with E-state index in [0.717, 1.165) is 19.3 Å². The summed E-state index contributed by atoms with van der Waals surface area (Å²) >= 11 is 0. The summed E-state index contributed by atoms with van der Waals surface area (Å²) in [6, 6.07) is 4.31. The molecule has 0 spiro atoms. The topological polar surface area (TPSA) is 89.9 Å². The molecule has 1 unspecified atom stereocenters. The second kappa shape index (κ2) is 7.99. The number of benzene rings is 1. The first-order valence-electron chi connectivity index (χ1n) is 7.73. The van der Waals surface area contributed by atoms with Gasteiger partial charge in [-0.2, -0.15) is 0 Å². The van der Waals surface area contributed by atoms with Crippen LogP contribution in [0.25, 0.3) is 0 Å².